The number of aliphatic carboxylic acids is 2. The van der Waals surface area contributed by atoms with Crippen LogP contribution in [-0.2, 0) is 9.59 Å². The van der Waals surface area contributed by atoms with Gasteiger partial charge in [-0.15, -0.1) is 6.10 Å². The topological polar surface area (TPSA) is 172 Å². The molecule has 0 saturated heterocycles. The third-order valence-corrected chi connectivity index (χ3v) is 0.794. The van der Waals surface area contributed by atoms with E-state index in [4.69, 9.17) is 15.3 Å². The summed E-state index contributed by atoms with van der Waals surface area (Å²) in [6.45, 7) is 3.22. The van der Waals surface area contributed by atoms with Crippen LogP contribution >= 0.6 is 0 Å². The Morgan fingerprint density at radius 3 is 1.41 bits per heavy atom. The molecule has 0 spiro atoms. The number of hydrogen-bond donors (Lipinski definition) is 3. The normalized spacial score (nSPS) is 11.4. The van der Waals surface area contributed by atoms with Gasteiger partial charge in [0.2, 0.25) is 0 Å². The van der Waals surface area contributed by atoms with Gasteiger partial charge in [0.15, 0.2) is 6.10 Å². The number of carbonyl (C=O) groups excluding carboxylic acids is 1. The van der Waals surface area contributed by atoms with Crippen molar-refractivity contribution in [2.24, 2.45) is 0 Å². The van der Waals surface area contributed by atoms with Gasteiger partial charge in [-0.1, -0.05) is 13.8 Å². The van der Waals surface area contributed by atoms with Gasteiger partial charge >= 0.3 is 86.9 Å². The zero-order valence-electron chi connectivity index (χ0n) is 10.2. The van der Waals surface area contributed by atoms with Gasteiger partial charge in [0.1, 0.15) is 6.10 Å². The maximum absolute atomic E-state index is 9.74. The van der Waals surface area contributed by atoms with Crippen LogP contribution in [0, 0.1) is 0 Å². The minimum Gasteiger partial charge on any atom is -0.852 e. The Balaban J connectivity index is -0.0000000607. The molecule has 0 aliphatic carbocycles. The Kier molecular flexibility index (Phi) is 31.8. The first-order chi connectivity index (χ1) is 6.20. The molecule has 2 unspecified atom stereocenters. The molecule has 8 nitrogen and oxygen atoms in total. The van der Waals surface area contributed by atoms with E-state index in [1.165, 1.54) is 0 Å². The largest absolute Gasteiger partial charge is 1.00 e. The number of rotatable bonds is 3. The van der Waals surface area contributed by atoms with E-state index in [1.807, 2.05) is 0 Å². The molecule has 0 aliphatic rings. The molecule has 92 valence electrons. The van der Waals surface area contributed by atoms with Crippen LogP contribution in [0.15, 0.2) is 0 Å². The fraction of sp³-hybridized carbons (Fsp3) is 0.714. The van der Waals surface area contributed by atoms with Crippen molar-refractivity contribution in [1.82, 2.24) is 0 Å². The third-order valence-electron chi connectivity index (χ3n) is 0.794. The molecular formula is C7H14KNaO8. The van der Waals surface area contributed by atoms with Crippen molar-refractivity contribution in [3.8, 4) is 0 Å². The van der Waals surface area contributed by atoms with Gasteiger partial charge in [-0.05, 0) is 0 Å². The Hall–Kier alpha value is 1.42. The molecule has 0 aromatic rings. The molecule has 17 heavy (non-hydrogen) atoms. The number of carboxylic acids is 2. The van der Waals surface area contributed by atoms with E-state index >= 15 is 0 Å². The van der Waals surface area contributed by atoms with Crippen molar-refractivity contribution in [2.45, 2.75) is 32.2 Å². The van der Waals surface area contributed by atoms with Gasteiger partial charge in [-0.3, -0.25) is 0 Å². The van der Waals surface area contributed by atoms with Crippen LogP contribution in [-0.4, -0.2) is 51.0 Å². The summed E-state index contributed by atoms with van der Waals surface area (Å²) in [6, 6.07) is 0. The van der Waals surface area contributed by atoms with Crippen molar-refractivity contribution in [3.63, 3.8) is 0 Å². The zero-order valence-corrected chi connectivity index (χ0v) is 15.3. The van der Waals surface area contributed by atoms with E-state index < -0.39 is 30.3 Å². The van der Waals surface area contributed by atoms with Crippen LogP contribution in [0.3, 0.4) is 0 Å². The number of carboxylic acid groups (broad SMARTS) is 2. The van der Waals surface area contributed by atoms with Crippen LogP contribution < -0.4 is 91.2 Å². The van der Waals surface area contributed by atoms with Crippen LogP contribution in [0.4, 0.5) is 0 Å². The molecular weight excluding hydrogens is 274 g/mol. The summed E-state index contributed by atoms with van der Waals surface area (Å²) in [5.74, 6) is -3.83. The van der Waals surface area contributed by atoms with Crippen LogP contribution in [0.1, 0.15) is 13.8 Å². The van der Waals surface area contributed by atoms with Gasteiger partial charge in [-0.25, -0.2) is 4.79 Å². The van der Waals surface area contributed by atoms with Gasteiger partial charge < -0.3 is 35.8 Å². The van der Waals surface area contributed by atoms with E-state index in [0.29, 0.717) is 0 Å². The monoisotopic (exact) mass is 288 g/mol. The van der Waals surface area contributed by atoms with E-state index in [2.05, 4.69) is 0 Å². The second-order valence-electron chi connectivity index (χ2n) is 2.60. The van der Waals surface area contributed by atoms with Crippen LogP contribution in [0.2, 0.25) is 0 Å². The number of aliphatic hydroxyl groups is 2. The first-order valence-corrected chi connectivity index (χ1v) is 3.65. The molecule has 0 aromatic heterocycles. The number of hydrogen-bond acceptors (Lipinski definition) is 6. The molecule has 0 heterocycles. The molecule has 10 heteroatoms. The standard InChI is InChI=1S/C4H6O6.C3H7O.K.Na.H2O/c5-1(3(7)8)2(6)4(9)10;1-3(2)4;;;/h1-2,5-6H,(H,7,8)(H,9,10);3H,1-2H3;;;1H2/q;-1;2*+1;/p-1. The van der Waals surface area contributed by atoms with Crippen molar-refractivity contribution in [2.75, 3.05) is 0 Å². The molecule has 0 rings (SSSR count). The van der Waals surface area contributed by atoms with Crippen molar-refractivity contribution >= 4 is 11.9 Å². The molecule has 0 bridgehead atoms. The quantitative estimate of drug-likeness (QED) is 0.432. The summed E-state index contributed by atoms with van der Waals surface area (Å²) >= 11 is 0. The fourth-order valence-electron chi connectivity index (χ4n) is 0.264. The minimum absolute atomic E-state index is 0. The van der Waals surface area contributed by atoms with Gasteiger partial charge in [-0.2, -0.15) is 0 Å². The molecule has 0 radical (unpaired) electrons. The Bertz CT molecular complexity index is 180. The smallest absolute Gasteiger partial charge is 0.852 e. The molecule has 0 aromatic carbocycles. The predicted molar refractivity (Wildman–Crippen MR) is 43.4 cm³/mol. The van der Waals surface area contributed by atoms with Crippen molar-refractivity contribution in [1.29, 1.82) is 0 Å². The Morgan fingerprint density at radius 1 is 1.12 bits per heavy atom. The average molecular weight is 288 g/mol. The molecule has 0 fully saturated rings. The third kappa shape index (κ3) is 23.0. The molecule has 2 atom stereocenters. The summed E-state index contributed by atoms with van der Waals surface area (Å²) in [4.78, 5) is 19.4. The summed E-state index contributed by atoms with van der Waals surface area (Å²) in [6.07, 6.45) is -5.12. The van der Waals surface area contributed by atoms with Crippen molar-refractivity contribution < 1.29 is 122 Å². The average Bonchev–Trinajstić information content (AvgIpc) is 2.00. The summed E-state index contributed by atoms with van der Waals surface area (Å²) in [7, 11) is 0. The van der Waals surface area contributed by atoms with Gasteiger partial charge in [0.05, 0.1) is 5.97 Å². The Labute approximate surface area is 163 Å². The minimum atomic E-state index is -2.38. The second kappa shape index (κ2) is 17.4. The van der Waals surface area contributed by atoms with E-state index in [1.54, 1.807) is 13.8 Å². The van der Waals surface area contributed by atoms with Gasteiger partial charge in [0, 0.05) is 0 Å². The zero-order chi connectivity index (χ0) is 11.9. The SMILES string of the molecule is CC(C)[O-].O.O=C([O-])C(O)C(O)C(=O)O.[K+].[Na+]. The first-order valence-electron chi connectivity index (χ1n) is 3.65. The molecule has 0 amide bonds. The summed E-state index contributed by atoms with van der Waals surface area (Å²) in [5.41, 5.74) is 0. The van der Waals surface area contributed by atoms with Crippen LogP contribution in [0.5, 0.6) is 0 Å². The Morgan fingerprint density at radius 2 is 1.35 bits per heavy atom. The van der Waals surface area contributed by atoms with E-state index in [9.17, 15) is 19.8 Å². The fourth-order valence-corrected chi connectivity index (χ4v) is 0.264. The maximum atomic E-state index is 9.74. The predicted octanol–water partition coefficient (Wildman–Crippen LogP) is -10.5. The van der Waals surface area contributed by atoms with E-state index in [0.717, 1.165) is 0 Å². The summed E-state index contributed by atoms with van der Waals surface area (Å²) in [5, 5.41) is 43.7. The number of carbonyl (C=O) groups is 2. The van der Waals surface area contributed by atoms with Crippen molar-refractivity contribution in [3.05, 3.63) is 0 Å². The maximum Gasteiger partial charge on any atom is 1.00 e. The molecule has 5 N–H and O–H groups in total. The second-order valence-corrected chi connectivity index (χ2v) is 2.60. The van der Waals surface area contributed by atoms with Crippen LogP contribution in [0.25, 0.3) is 0 Å². The van der Waals surface area contributed by atoms with E-state index in [-0.39, 0.29) is 86.4 Å². The summed E-state index contributed by atoms with van der Waals surface area (Å²) < 4.78 is 0. The number of aliphatic hydroxyl groups excluding tert-OH is 2. The first kappa shape index (κ1) is 31.0. The molecule has 0 saturated carbocycles. The van der Waals surface area contributed by atoms with Gasteiger partial charge in [0.25, 0.3) is 0 Å². The molecule has 0 aliphatic heterocycles.